The normalized spacial score (nSPS) is 23.3. The molecule has 0 bridgehead atoms. The van der Waals surface area contributed by atoms with Gasteiger partial charge >= 0.3 is 5.97 Å². The van der Waals surface area contributed by atoms with Gasteiger partial charge in [-0.2, -0.15) is 4.72 Å². The highest BCUT2D eigenvalue weighted by atomic mass is 32.2. The number of thiophene rings is 1. The summed E-state index contributed by atoms with van der Waals surface area (Å²) in [7, 11) is -4.17. The number of nitrogens with one attached hydrogen (secondary N) is 1. The molecule has 2 aromatic carbocycles. The molecule has 0 spiro atoms. The van der Waals surface area contributed by atoms with Crippen molar-refractivity contribution in [3.8, 4) is 10.4 Å². The van der Waals surface area contributed by atoms with Gasteiger partial charge in [-0.1, -0.05) is 43.3 Å². The van der Waals surface area contributed by atoms with Crippen LogP contribution in [0, 0.1) is 11.6 Å². The van der Waals surface area contributed by atoms with Gasteiger partial charge < -0.3 is 5.11 Å². The summed E-state index contributed by atoms with van der Waals surface area (Å²) in [5, 5.41) is 9.85. The van der Waals surface area contributed by atoms with E-state index in [2.05, 4.69) is 4.72 Å². The summed E-state index contributed by atoms with van der Waals surface area (Å²) in [6.45, 7) is 1.71. The molecule has 1 aliphatic rings. The third kappa shape index (κ3) is 3.23. The molecule has 1 saturated carbocycles. The highest BCUT2D eigenvalue weighted by Gasteiger charge is 2.72. The summed E-state index contributed by atoms with van der Waals surface area (Å²) in [6.07, 6.45) is 0.111. The fourth-order valence-corrected chi connectivity index (χ4v) is 6.45. The minimum absolute atomic E-state index is 0.106. The number of carboxylic acid groups (broad SMARTS) is 1. The summed E-state index contributed by atoms with van der Waals surface area (Å²) in [5.41, 5.74) is -1.51. The van der Waals surface area contributed by atoms with Gasteiger partial charge in [0.15, 0.2) is 11.6 Å². The van der Waals surface area contributed by atoms with Crippen LogP contribution < -0.4 is 4.72 Å². The van der Waals surface area contributed by atoms with Crippen LogP contribution in [0.1, 0.15) is 18.9 Å². The molecular weight excluding hydrogens is 432 g/mol. The quantitative estimate of drug-likeness (QED) is 0.592. The number of halogens is 2. The van der Waals surface area contributed by atoms with Crippen molar-refractivity contribution in [2.75, 3.05) is 0 Å². The zero-order chi connectivity index (χ0) is 21.7. The van der Waals surface area contributed by atoms with Crippen molar-refractivity contribution in [2.24, 2.45) is 0 Å². The van der Waals surface area contributed by atoms with Crippen LogP contribution >= 0.6 is 11.3 Å². The molecule has 1 aliphatic carbocycles. The fraction of sp³-hybridized carbons (Fsp3) is 0.190. The molecule has 0 aliphatic heterocycles. The van der Waals surface area contributed by atoms with Crippen molar-refractivity contribution in [3.05, 3.63) is 77.9 Å². The molecular formula is C21H17F2NO4S2. The van der Waals surface area contributed by atoms with E-state index in [1.54, 1.807) is 37.3 Å². The maximum absolute atomic E-state index is 13.5. The topological polar surface area (TPSA) is 83.5 Å². The van der Waals surface area contributed by atoms with E-state index in [4.69, 9.17) is 0 Å². The van der Waals surface area contributed by atoms with Gasteiger partial charge in [-0.05, 0) is 41.8 Å². The molecule has 2 N–H and O–H groups in total. The third-order valence-electron chi connectivity index (χ3n) is 5.57. The van der Waals surface area contributed by atoms with Gasteiger partial charge in [0, 0.05) is 10.3 Å². The van der Waals surface area contributed by atoms with Crippen LogP contribution in [0.2, 0.25) is 0 Å². The van der Waals surface area contributed by atoms with Gasteiger partial charge in [0.05, 0.1) is 0 Å². The van der Waals surface area contributed by atoms with Gasteiger partial charge in [0.1, 0.15) is 9.75 Å². The first kappa shape index (κ1) is 20.6. The van der Waals surface area contributed by atoms with Crippen LogP contribution in [-0.2, 0) is 20.2 Å². The highest BCUT2D eigenvalue weighted by molar-refractivity contribution is 7.91. The number of aliphatic carboxylic acids is 1. The molecule has 156 valence electrons. The molecule has 2 atom stereocenters. The number of benzene rings is 2. The van der Waals surface area contributed by atoms with Gasteiger partial charge in [-0.15, -0.1) is 11.3 Å². The second kappa shape index (κ2) is 6.97. The number of sulfonamides is 1. The number of hydrogen-bond acceptors (Lipinski definition) is 4. The van der Waals surface area contributed by atoms with E-state index in [0.717, 1.165) is 29.0 Å². The zero-order valence-electron chi connectivity index (χ0n) is 15.7. The predicted molar refractivity (Wildman–Crippen MR) is 109 cm³/mol. The maximum Gasteiger partial charge on any atom is 0.325 e. The summed E-state index contributed by atoms with van der Waals surface area (Å²) in [6, 6.07) is 15.0. The van der Waals surface area contributed by atoms with Crippen LogP contribution in [0.4, 0.5) is 8.78 Å². The second-order valence-electron chi connectivity index (χ2n) is 7.44. The average Bonchev–Trinajstić information content (AvgIpc) is 3.07. The number of hydrogen-bond donors (Lipinski definition) is 2. The van der Waals surface area contributed by atoms with Crippen molar-refractivity contribution in [1.29, 1.82) is 0 Å². The lowest BCUT2D eigenvalue weighted by molar-refractivity contribution is -0.140. The summed E-state index contributed by atoms with van der Waals surface area (Å²) < 4.78 is 54.9. The van der Waals surface area contributed by atoms with Gasteiger partial charge in [-0.3, -0.25) is 4.79 Å². The molecule has 1 fully saturated rings. The molecule has 1 heterocycles. The monoisotopic (exact) mass is 449 g/mol. The van der Waals surface area contributed by atoms with Gasteiger partial charge in [0.2, 0.25) is 0 Å². The Morgan fingerprint density at radius 1 is 1.07 bits per heavy atom. The lowest BCUT2D eigenvalue weighted by atomic mass is 9.93. The summed E-state index contributed by atoms with van der Waals surface area (Å²) in [4.78, 5) is 12.5. The minimum atomic E-state index is -4.17. The Bertz CT molecular complexity index is 1240. The van der Waals surface area contributed by atoms with Crippen molar-refractivity contribution >= 4 is 27.3 Å². The lowest BCUT2D eigenvalue weighted by Crippen LogP contribution is -2.47. The zero-order valence-corrected chi connectivity index (χ0v) is 17.4. The predicted octanol–water partition coefficient (Wildman–Crippen LogP) is 4.16. The molecule has 0 saturated heterocycles. The Kier molecular flexibility index (Phi) is 4.80. The Hall–Kier alpha value is -2.62. The largest absolute Gasteiger partial charge is 0.480 e. The Balaban J connectivity index is 1.65. The molecule has 4 rings (SSSR count). The van der Waals surface area contributed by atoms with Crippen molar-refractivity contribution in [3.63, 3.8) is 0 Å². The average molecular weight is 450 g/mol. The van der Waals surface area contributed by atoms with Gasteiger partial charge in [-0.25, -0.2) is 17.2 Å². The van der Waals surface area contributed by atoms with Crippen LogP contribution in [0.15, 0.2) is 64.9 Å². The number of carbonyl (C=O) groups is 1. The van der Waals surface area contributed by atoms with Crippen LogP contribution in [-0.4, -0.2) is 25.0 Å². The van der Waals surface area contributed by atoms with E-state index >= 15 is 0 Å². The van der Waals surface area contributed by atoms with E-state index in [1.165, 1.54) is 18.2 Å². The van der Waals surface area contributed by atoms with Crippen LogP contribution in [0.3, 0.4) is 0 Å². The highest BCUT2D eigenvalue weighted by Crippen LogP contribution is 2.58. The maximum atomic E-state index is 13.5. The smallest absolute Gasteiger partial charge is 0.325 e. The standard InChI is InChI=1S/C21H17F2NO4S2/c1-20(14-5-3-2-4-6-14)12-21(20,19(25)26)24-30(27,28)18-10-9-17(29-18)13-7-8-15(22)16(23)11-13/h2-11,24H,12H2,1H3,(H,25,26)/t20-,21-/m1/s1. The van der Waals surface area contributed by atoms with E-state index in [-0.39, 0.29) is 10.6 Å². The van der Waals surface area contributed by atoms with Crippen molar-refractivity contribution in [2.45, 2.75) is 28.5 Å². The van der Waals surface area contributed by atoms with Crippen LogP contribution in [0.5, 0.6) is 0 Å². The molecule has 9 heteroatoms. The second-order valence-corrected chi connectivity index (χ2v) is 10.4. The van der Waals surface area contributed by atoms with E-state index in [0.29, 0.717) is 10.4 Å². The molecule has 0 radical (unpaired) electrons. The molecule has 3 aromatic rings. The minimum Gasteiger partial charge on any atom is -0.480 e. The first-order valence-electron chi connectivity index (χ1n) is 8.97. The Morgan fingerprint density at radius 3 is 2.40 bits per heavy atom. The van der Waals surface area contributed by atoms with E-state index in [9.17, 15) is 27.1 Å². The Morgan fingerprint density at radius 2 is 1.77 bits per heavy atom. The summed E-state index contributed by atoms with van der Waals surface area (Å²) in [5.74, 6) is -3.29. The summed E-state index contributed by atoms with van der Waals surface area (Å²) >= 11 is 0.851. The molecule has 30 heavy (non-hydrogen) atoms. The van der Waals surface area contributed by atoms with Crippen molar-refractivity contribution in [1.82, 2.24) is 4.72 Å². The SMILES string of the molecule is C[C@]1(c2ccccc2)C[C@@]1(NS(=O)(=O)c1ccc(-c2ccc(F)c(F)c2)s1)C(=O)O. The molecule has 0 unspecified atom stereocenters. The number of carboxylic acids is 1. The van der Waals surface area contributed by atoms with Crippen LogP contribution in [0.25, 0.3) is 10.4 Å². The van der Waals surface area contributed by atoms with Gasteiger partial charge in [0.25, 0.3) is 10.0 Å². The fourth-order valence-electron chi connectivity index (χ4n) is 3.69. The third-order valence-corrected chi connectivity index (χ3v) is 8.69. The molecule has 5 nitrogen and oxygen atoms in total. The first-order valence-corrected chi connectivity index (χ1v) is 11.3. The van der Waals surface area contributed by atoms with E-state index in [1.807, 2.05) is 0 Å². The first-order chi connectivity index (χ1) is 14.1. The molecule has 0 amide bonds. The van der Waals surface area contributed by atoms with Crippen molar-refractivity contribution < 1.29 is 27.1 Å². The Labute approximate surface area is 176 Å². The van der Waals surface area contributed by atoms with E-state index < -0.39 is 38.6 Å². The number of rotatable bonds is 6. The molecule has 1 aromatic heterocycles. The lowest BCUT2D eigenvalue weighted by Gasteiger charge is -2.20.